The van der Waals surface area contributed by atoms with Crippen molar-refractivity contribution in [3.63, 3.8) is 0 Å². The zero-order valence-electron chi connectivity index (χ0n) is 16.4. The summed E-state index contributed by atoms with van der Waals surface area (Å²) in [5.41, 5.74) is 4.82. The Labute approximate surface area is 158 Å². The average molecular weight is 379 g/mol. The molecule has 1 aliphatic heterocycles. The van der Waals surface area contributed by atoms with Crippen LogP contribution in [-0.2, 0) is 16.1 Å². The zero-order chi connectivity index (χ0) is 20.3. The lowest BCUT2D eigenvalue weighted by Crippen LogP contribution is -2.44. The number of nitrogens with two attached hydrogens (primary N) is 1. The van der Waals surface area contributed by atoms with E-state index < -0.39 is 17.2 Å². The van der Waals surface area contributed by atoms with Crippen LogP contribution in [0.1, 0.15) is 47.0 Å². The van der Waals surface area contributed by atoms with E-state index in [0.29, 0.717) is 13.1 Å². The fourth-order valence-corrected chi connectivity index (χ4v) is 3.42. The van der Waals surface area contributed by atoms with E-state index >= 15 is 0 Å². The fourth-order valence-electron chi connectivity index (χ4n) is 3.42. The van der Waals surface area contributed by atoms with Crippen molar-refractivity contribution in [3.05, 3.63) is 20.8 Å². The van der Waals surface area contributed by atoms with E-state index in [9.17, 15) is 19.2 Å². The number of likely N-dealkylation sites (tertiary alicyclic amines) is 1. The van der Waals surface area contributed by atoms with Crippen LogP contribution < -0.4 is 21.9 Å². The first-order valence-corrected chi connectivity index (χ1v) is 9.46. The molecule has 1 aromatic rings. The summed E-state index contributed by atoms with van der Waals surface area (Å²) in [5, 5.41) is 0. The number of nitrogen functional groups attached to an aromatic ring is 1. The summed E-state index contributed by atoms with van der Waals surface area (Å²) >= 11 is 0. The molecule has 2 amide bonds. The zero-order valence-corrected chi connectivity index (χ0v) is 16.4. The Kier molecular flexibility index (Phi) is 6.45. The molecule has 1 saturated heterocycles. The molecule has 1 aliphatic rings. The largest absolute Gasteiger partial charge is 0.383 e. The highest BCUT2D eigenvalue weighted by molar-refractivity contribution is 6.00. The summed E-state index contributed by atoms with van der Waals surface area (Å²) in [6.07, 6.45) is 1.68. The van der Waals surface area contributed by atoms with Gasteiger partial charge in [-0.15, -0.1) is 0 Å². The van der Waals surface area contributed by atoms with E-state index in [1.54, 1.807) is 11.8 Å². The van der Waals surface area contributed by atoms with Gasteiger partial charge in [0.1, 0.15) is 5.82 Å². The van der Waals surface area contributed by atoms with Crippen LogP contribution in [0.25, 0.3) is 0 Å². The lowest BCUT2D eigenvalue weighted by atomic mass is 10.1. The van der Waals surface area contributed by atoms with Crippen molar-refractivity contribution in [2.75, 3.05) is 23.7 Å². The highest BCUT2D eigenvalue weighted by Gasteiger charge is 2.38. The number of amides is 2. The molecule has 150 valence electrons. The van der Waals surface area contributed by atoms with Gasteiger partial charge in [0.05, 0.1) is 5.92 Å². The van der Waals surface area contributed by atoms with E-state index in [4.69, 9.17) is 5.73 Å². The van der Waals surface area contributed by atoms with Gasteiger partial charge in [-0.2, -0.15) is 0 Å². The number of rotatable bonds is 7. The molecule has 1 unspecified atom stereocenters. The molecule has 3 N–H and O–H groups in total. The van der Waals surface area contributed by atoms with Crippen molar-refractivity contribution in [2.45, 2.75) is 59.5 Å². The summed E-state index contributed by atoms with van der Waals surface area (Å²) in [7, 11) is 0. The van der Waals surface area contributed by atoms with Gasteiger partial charge in [-0.3, -0.25) is 23.9 Å². The Morgan fingerprint density at radius 1 is 1.30 bits per heavy atom. The summed E-state index contributed by atoms with van der Waals surface area (Å²) in [6.45, 7) is 8.40. The second-order valence-electron chi connectivity index (χ2n) is 7.12. The lowest BCUT2D eigenvalue weighted by molar-refractivity contribution is -0.129. The number of nitrogens with one attached hydrogen (secondary N) is 1. The molecule has 9 heteroatoms. The molecular formula is C18H29N5O4. The Morgan fingerprint density at radius 3 is 2.48 bits per heavy atom. The van der Waals surface area contributed by atoms with Gasteiger partial charge in [-0.1, -0.05) is 13.3 Å². The minimum Gasteiger partial charge on any atom is -0.383 e. The first-order chi connectivity index (χ1) is 12.7. The van der Waals surface area contributed by atoms with Crippen LogP contribution in [0, 0.1) is 5.92 Å². The van der Waals surface area contributed by atoms with Crippen LogP contribution >= 0.6 is 0 Å². The summed E-state index contributed by atoms with van der Waals surface area (Å²) < 4.78 is 1.29. The van der Waals surface area contributed by atoms with E-state index in [0.717, 1.165) is 12.8 Å². The molecule has 0 aliphatic carbocycles. The minimum absolute atomic E-state index is 0.00907. The molecule has 0 spiro atoms. The second kappa shape index (κ2) is 8.41. The predicted molar refractivity (Wildman–Crippen MR) is 104 cm³/mol. The van der Waals surface area contributed by atoms with Crippen molar-refractivity contribution in [3.8, 4) is 0 Å². The number of carbonyl (C=O) groups is 2. The monoisotopic (exact) mass is 379 g/mol. The molecule has 1 fully saturated rings. The highest BCUT2D eigenvalue weighted by atomic mass is 16.2. The van der Waals surface area contributed by atoms with Gasteiger partial charge in [0, 0.05) is 32.1 Å². The smallest absolute Gasteiger partial charge is 0.330 e. The summed E-state index contributed by atoms with van der Waals surface area (Å²) in [4.78, 5) is 54.9. The van der Waals surface area contributed by atoms with Gasteiger partial charge in [0.2, 0.25) is 11.8 Å². The van der Waals surface area contributed by atoms with Gasteiger partial charge in [-0.25, -0.2) is 4.79 Å². The van der Waals surface area contributed by atoms with Crippen molar-refractivity contribution >= 4 is 23.3 Å². The topological polar surface area (TPSA) is 121 Å². The van der Waals surface area contributed by atoms with Gasteiger partial charge < -0.3 is 15.5 Å². The molecule has 0 radical (unpaired) electrons. The number of hydrogen-bond acceptors (Lipinski definition) is 5. The van der Waals surface area contributed by atoms with E-state index in [1.165, 1.54) is 9.47 Å². The first-order valence-electron chi connectivity index (χ1n) is 9.46. The average Bonchev–Trinajstić information content (AvgIpc) is 2.99. The number of anilines is 2. The molecule has 1 aromatic heterocycles. The number of carbonyl (C=O) groups excluding carboxylic acids is 2. The van der Waals surface area contributed by atoms with Crippen molar-refractivity contribution < 1.29 is 9.59 Å². The number of aromatic nitrogens is 2. The van der Waals surface area contributed by atoms with Gasteiger partial charge in [0.15, 0.2) is 5.69 Å². The first kappa shape index (κ1) is 20.7. The number of H-pyrrole nitrogens is 1. The third-order valence-corrected chi connectivity index (χ3v) is 4.93. The van der Waals surface area contributed by atoms with Crippen LogP contribution in [0.5, 0.6) is 0 Å². The van der Waals surface area contributed by atoms with Gasteiger partial charge in [-0.05, 0) is 27.2 Å². The van der Waals surface area contributed by atoms with Gasteiger partial charge in [0.25, 0.3) is 5.56 Å². The number of hydrogen-bond donors (Lipinski definition) is 2. The van der Waals surface area contributed by atoms with Crippen LogP contribution in [-0.4, -0.2) is 45.4 Å². The van der Waals surface area contributed by atoms with Crippen molar-refractivity contribution in [1.82, 2.24) is 14.5 Å². The number of unbranched alkanes of at least 4 members (excludes halogenated alkanes) is 1. The standard InChI is InChI=1S/C18H29N5O4/c1-5-7-8-22-15(19)14(16(25)20-18(22)27)21(6-2)17(26)12-9-13(24)23(10-12)11(3)4/h11-12H,5-10,19H2,1-4H3,(H,20,25,27). The van der Waals surface area contributed by atoms with Crippen LogP contribution in [0.15, 0.2) is 9.59 Å². The SMILES string of the molecule is CCCCn1c(N)c(N(CC)C(=O)C2CC(=O)N(C(C)C)C2)c(=O)[nH]c1=O. The maximum absolute atomic E-state index is 13.1. The quantitative estimate of drug-likeness (QED) is 0.716. The maximum atomic E-state index is 13.1. The molecule has 1 atom stereocenters. The van der Waals surface area contributed by atoms with Crippen molar-refractivity contribution in [1.29, 1.82) is 0 Å². The normalized spacial score (nSPS) is 17.0. The summed E-state index contributed by atoms with van der Waals surface area (Å²) in [6, 6.07) is 0.00907. The molecular weight excluding hydrogens is 350 g/mol. The highest BCUT2D eigenvalue weighted by Crippen LogP contribution is 2.25. The molecule has 0 bridgehead atoms. The number of aromatic amines is 1. The Balaban J connectivity index is 2.40. The predicted octanol–water partition coefficient (Wildman–Crippen LogP) is 0.529. The third-order valence-electron chi connectivity index (χ3n) is 4.93. The van der Waals surface area contributed by atoms with Gasteiger partial charge >= 0.3 is 5.69 Å². The Hall–Kier alpha value is -2.58. The molecule has 0 saturated carbocycles. The molecule has 2 rings (SSSR count). The minimum atomic E-state index is -0.689. The molecule has 2 heterocycles. The van der Waals surface area contributed by atoms with E-state index in [2.05, 4.69) is 4.98 Å². The van der Waals surface area contributed by atoms with Crippen LogP contribution in [0.3, 0.4) is 0 Å². The fraction of sp³-hybridized carbons (Fsp3) is 0.667. The molecule has 9 nitrogen and oxygen atoms in total. The van der Waals surface area contributed by atoms with E-state index in [-0.39, 0.29) is 42.3 Å². The molecule has 0 aromatic carbocycles. The van der Waals surface area contributed by atoms with Crippen molar-refractivity contribution in [2.24, 2.45) is 5.92 Å². The van der Waals surface area contributed by atoms with E-state index in [1.807, 2.05) is 20.8 Å². The number of nitrogens with zero attached hydrogens (tertiary/aromatic N) is 3. The second-order valence-corrected chi connectivity index (χ2v) is 7.12. The third kappa shape index (κ3) is 4.06. The lowest BCUT2D eigenvalue weighted by Gasteiger charge is -2.26. The summed E-state index contributed by atoms with van der Waals surface area (Å²) in [5.74, 6) is -0.951. The Bertz CT molecular complexity index is 826. The molecule has 27 heavy (non-hydrogen) atoms. The maximum Gasteiger partial charge on any atom is 0.330 e. The van der Waals surface area contributed by atoms with Crippen LogP contribution in [0.2, 0.25) is 0 Å². The Morgan fingerprint density at radius 2 is 1.96 bits per heavy atom. The van der Waals surface area contributed by atoms with Crippen LogP contribution in [0.4, 0.5) is 11.5 Å².